The number of carbonyl (C=O) groups is 1. The summed E-state index contributed by atoms with van der Waals surface area (Å²) in [6.07, 6.45) is 0.855. The van der Waals surface area contributed by atoms with Gasteiger partial charge in [-0.15, -0.1) is 0 Å². The molecule has 0 saturated carbocycles. The number of aryl methyl sites for hydroxylation is 1. The number of benzene rings is 1. The number of hydrogen-bond acceptors (Lipinski definition) is 4. The van der Waals surface area contributed by atoms with Gasteiger partial charge in [-0.25, -0.2) is 4.98 Å². The number of cyclic esters (lactones) is 1. The summed E-state index contributed by atoms with van der Waals surface area (Å²) in [6.45, 7) is 0.585. The lowest BCUT2D eigenvalue weighted by molar-refractivity contribution is -0.144. The summed E-state index contributed by atoms with van der Waals surface area (Å²) >= 11 is 0. The second-order valence-corrected chi connectivity index (χ2v) is 6.27. The number of esters is 1. The zero-order valence-electron chi connectivity index (χ0n) is 12.9. The summed E-state index contributed by atoms with van der Waals surface area (Å²) in [7, 11) is 0. The maximum atomic E-state index is 12.9. The van der Waals surface area contributed by atoms with Crippen LogP contribution in [0.1, 0.15) is 23.1 Å². The second-order valence-electron chi connectivity index (χ2n) is 6.27. The molecule has 0 spiro atoms. The van der Waals surface area contributed by atoms with E-state index in [9.17, 15) is 9.59 Å². The van der Waals surface area contributed by atoms with Gasteiger partial charge in [0.2, 0.25) is 0 Å². The van der Waals surface area contributed by atoms with Gasteiger partial charge in [0.1, 0.15) is 6.61 Å². The van der Waals surface area contributed by atoms with Crippen LogP contribution in [-0.2, 0) is 29.1 Å². The summed E-state index contributed by atoms with van der Waals surface area (Å²) in [5, 5.41) is 1.08. The van der Waals surface area contributed by atoms with E-state index in [1.807, 2.05) is 30.3 Å². The molecule has 0 aliphatic carbocycles. The molecule has 24 heavy (non-hydrogen) atoms. The van der Waals surface area contributed by atoms with Gasteiger partial charge in [0.15, 0.2) is 0 Å². The summed E-state index contributed by atoms with van der Waals surface area (Å²) in [5.41, 5.74) is 5.12. The van der Waals surface area contributed by atoms with Crippen LogP contribution in [0.2, 0.25) is 0 Å². The fraction of sp³-hybridized carbons (Fsp3) is 0.211. The minimum Gasteiger partial charge on any atom is -0.461 e. The fourth-order valence-corrected chi connectivity index (χ4v) is 3.60. The van der Waals surface area contributed by atoms with Gasteiger partial charge >= 0.3 is 5.97 Å². The first-order valence-electron chi connectivity index (χ1n) is 8.01. The van der Waals surface area contributed by atoms with E-state index in [1.165, 1.54) is 0 Å². The third kappa shape index (κ3) is 1.84. The second kappa shape index (κ2) is 4.77. The number of carbonyl (C=O) groups excluding carboxylic acids is 1. The standard InChI is InChI=1S/C19H14N2O3/c22-17-6-5-11-8-16-18-13(7-12-3-1-2-4-15(12)20-18)9-21(16)19(23)14(11)10-24-17/h1-4,7-8H,5-6,9-10H2. The fourth-order valence-electron chi connectivity index (χ4n) is 3.60. The molecule has 118 valence electrons. The monoisotopic (exact) mass is 318 g/mol. The van der Waals surface area contributed by atoms with Crippen LogP contribution in [0.3, 0.4) is 0 Å². The Morgan fingerprint density at radius 3 is 2.83 bits per heavy atom. The van der Waals surface area contributed by atoms with Crippen LogP contribution in [0.5, 0.6) is 0 Å². The molecule has 2 aliphatic heterocycles. The third-order valence-electron chi connectivity index (χ3n) is 4.84. The minimum atomic E-state index is -0.250. The molecule has 0 unspecified atom stereocenters. The van der Waals surface area contributed by atoms with Crippen LogP contribution in [-0.4, -0.2) is 15.5 Å². The lowest BCUT2D eigenvalue weighted by atomic mass is 10.0. The van der Waals surface area contributed by atoms with Gasteiger partial charge in [-0.2, -0.15) is 0 Å². The van der Waals surface area contributed by atoms with Crippen LogP contribution in [0.15, 0.2) is 41.2 Å². The van der Waals surface area contributed by atoms with Crippen LogP contribution >= 0.6 is 0 Å². The lowest BCUT2D eigenvalue weighted by Gasteiger charge is -2.09. The molecule has 0 bridgehead atoms. The van der Waals surface area contributed by atoms with Crippen LogP contribution in [0.25, 0.3) is 22.3 Å². The Morgan fingerprint density at radius 2 is 1.92 bits per heavy atom. The van der Waals surface area contributed by atoms with Gasteiger partial charge in [-0.3, -0.25) is 9.59 Å². The maximum absolute atomic E-state index is 12.9. The van der Waals surface area contributed by atoms with Crippen LogP contribution in [0.4, 0.5) is 0 Å². The van der Waals surface area contributed by atoms with E-state index < -0.39 is 0 Å². The van der Waals surface area contributed by atoms with Gasteiger partial charge in [-0.05, 0) is 30.2 Å². The lowest BCUT2D eigenvalue weighted by Crippen LogP contribution is -2.24. The average molecular weight is 318 g/mol. The average Bonchev–Trinajstić information content (AvgIpc) is 2.83. The summed E-state index contributed by atoms with van der Waals surface area (Å²) in [4.78, 5) is 29.2. The Kier molecular flexibility index (Phi) is 2.68. The Labute approximate surface area is 137 Å². The highest BCUT2D eigenvalue weighted by molar-refractivity contribution is 5.84. The van der Waals surface area contributed by atoms with Crippen LogP contribution in [0, 0.1) is 0 Å². The molecule has 0 radical (unpaired) electrons. The number of para-hydroxylation sites is 1. The zero-order chi connectivity index (χ0) is 16.3. The van der Waals surface area contributed by atoms with Gasteiger partial charge < -0.3 is 9.30 Å². The van der Waals surface area contributed by atoms with Crippen molar-refractivity contribution in [1.82, 2.24) is 9.55 Å². The summed E-state index contributed by atoms with van der Waals surface area (Å²) in [6, 6.07) is 12.1. The van der Waals surface area contributed by atoms with Gasteiger partial charge in [0.25, 0.3) is 5.56 Å². The summed E-state index contributed by atoms with van der Waals surface area (Å²) in [5.74, 6) is -0.250. The number of aromatic nitrogens is 2. The van der Waals surface area contributed by atoms with Crippen molar-refractivity contribution >= 4 is 16.9 Å². The van der Waals surface area contributed by atoms with Crippen molar-refractivity contribution in [2.24, 2.45) is 0 Å². The van der Waals surface area contributed by atoms with E-state index >= 15 is 0 Å². The Hall–Kier alpha value is -2.95. The van der Waals surface area contributed by atoms with Crippen molar-refractivity contribution in [1.29, 1.82) is 0 Å². The number of pyridine rings is 2. The highest BCUT2D eigenvalue weighted by Crippen LogP contribution is 2.33. The van der Waals surface area contributed by atoms with Crippen LogP contribution < -0.4 is 5.56 Å². The molecule has 0 amide bonds. The molecule has 5 heteroatoms. The number of hydrogen-bond donors (Lipinski definition) is 0. The molecule has 3 aromatic rings. The molecule has 0 atom stereocenters. The smallest absolute Gasteiger partial charge is 0.306 e. The van der Waals surface area contributed by atoms with Gasteiger partial charge in [0, 0.05) is 17.4 Å². The van der Waals surface area contributed by atoms with E-state index in [4.69, 9.17) is 9.72 Å². The van der Waals surface area contributed by atoms with Crippen molar-refractivity contribution in [3.05, 3.63) is 63.4 Å². The predicted molar refractivity (Wildman–Crippen MR) is 88.7 cm³/mol. The number of ether oxygens (including phenoxy) is 1. The van der Waals surface area contributed by atoms with E-state index in [-0.39, 0.29) is 18.1 Å². The topological polar surface area (TPSA) is 61.2 Å². The molecule has 5 rings (SSSR count). The Balaban J connectivity index is 1.75. The van der Waals surface area contributed by atoms with Gasteiger partial charge in [-0.1, -0.05) is 18.2 Å². The van der Waals surface area contributed by atoms with Crippen molar-refractivity contribution in [3.63, 3.8) is 0 Å². The Morgan fingerprint density at radius 1 is 1.04 bits per heavy atom. The quantitative estimate of drug-likeness (QED) is 0.467. The largest absolute Gasteiger partial charge is 0.461 e. The van der Waals surface area contributed by atoms with Crippen molar-refractivity contribution in [3.8, 4) is 11.4 Å². The third-order valence-corrected chi connectivity index (χ3v) is 4.84. The van der Waals surface area contributed by atoms with E-state index in [0.29, 0.717) is 24.9 Å². The number of nitrogens with zero attached hydrogens (tertiary/aromatic N) is 2. The molecule has 0 N–H and O–H groups in total. The molecule has 2 aliphatic rings. The molecule has 5 nitrogen and oxygen atoms in total. The highest BCUT2D eigenvalue weighted by atomic mass is 16.5. The molecule has 0 fully saturated rings. The van der Waals surface area contributed by atoms with E-state index in [1.54, 1.807) is 4.57 Å². The number of rotatable bonds is 0. The SMILES string of the molecule is O=C1CCc2cc3n(c(=O)c2CO1)Cc1cc2ccccc2nc1-3. The van der Waals surface area contributed by atoms with Crippen molar-refractivity contribution in [2.75, 3.05) is 0 Å². The first kappa shape index (κ1) is 13.5. The van der Waals surface area contributed by atoms with E-state index in [0.717, 1.165) is 33.4 Å². The molecule has 0 saturated heterocycles. The molecular weight excluding hydrogens is 304 g/mol. The first-order valence-corrected chi connectivity index (χ1v) is 8.01. The molecule has 1 aromatic carbocycles. The van der Waals surface area contributed by atoms with Gasteiger partial charge in [0.05, 0.1) is 29.0 Å². The predicted octanol–water partition coefficient (Wildman–Crippen LogP) is 2.41. The number of fused-ring (bicyclic) bond motifs is 5. The summed E-state index contributed by atoms with van der Waals surface area (Å²) < 4.78 is 6.89. The maximum Gasteiger partial charge on any atom is 0.306 e. The molecular formula is C19H14N2O3. The van der Waals surface area contributed by atoms with Crippen molar-refractivity contribution in [2.45, 2.75) is 26.0 Å². The molecule has 2 aromatic heterocycles. The zero-order valence-corrected chi connectivity index (χ0v) is 12.9. The normalized spacial score (nSPS) is 15.4. The Bertz CT molecular complexity index is 1080. The highest BCUT2D eigenvalue weighted by Gasteiger charge is 2.26. The molecule has 4 heterocycles. The minimum absolute atomic E-state index is 0.0685. The van der Waals surface area contributed by atoms with Crippen molar-refractivity contribution < 1.29 is 9.53 Å². The van der Waals surface area contributed by atoms with E-state index in [2.05, 4.69) is 6.07 Å². The first-order chi connectivity index (χ1) is 11.7.